The van der Waals surface area contributed by atoms with Crippen molar-refractivity contribution in [3.8, 4) is 5.75 Å². The second-order valence-corrected chi connectivity index (χ2v) is 8.56. The van der Waals surface area contributed by atoms with Crippen molar-refractivity contribution < 1.29 is 9.47 Å². The van der Waals surface area contributed by atoms with Gasteiger partial charge in [-0.2, -0.15) is 0 Å². The summed E-state index contributed by atoms with van der Waals surface area (Å²) < 4.78 is 11.6. The summed E-state index contributed by atoms with van der Waals surface area (Å²) in [6, 6.07) is 6.42. The smallest absolute Gasteiger partial charge is 0.191 e. The normalized spacial score (nSPS) is 18.8. The van der Waals surface area contributed by atoms with Crippen LogP contribution in [0.25, 0.3) is 0 Å². The average molecular weight is 389 g/mol. The van der Waals surface area contributed by atoms with Crippen molar-refractivity contribution >= 4 is 5.96 Å². The number of hydrogen-bond donors (Lipinski definition) is 2. The number of guanidine groups is 1. The zero-order valence-electron chi connectivity index (χ0n) is 17.9. The topological polar surface area (TPSA) is 58.1 Å². The predicted molar refractivity (Wildman–Crippen MR) is 114 cm³/mol. The Morgan fingerprint density at radius 1 is 1.25 bits per heavy atom. The SMILES string of the molecule is CN=C(NCc1ccc(C)cc1OCC1CC1)NCC(C)(C)N1CCOCC1. The molecule has 0 unspecified atom stereocenters. The molecule has 1 aromatic rings. The molecular formula is C22H36N4O2. The summed E-state index contributed by atoms with van der Waals surface area (Å²) in [6.07, 6.45) is 2.60. The molecule has 1 saturated heterocycles. The Bertz CT molecular complexity index is 665. The minimum Gasteiger partial charge on any atom is -0.493 e. The average Bonchev–Trinajstić information content (AvgIpc) is 3.53. The molecule has 0 spiro atoms. The van der Waals surface area contributed by atoms with Gasteiger partial charge >= 0.3 is 0 Å². The zero-order chi connectivity index (χ0) is 20.0. The molecule has 28 heavy (non-hydrogen) atoms. The molecular weight excluding hydrogens is 352 g/mol. The number of aliphatic imine (C=N–C) groups is 1. The minimum atomic E-state index is 0.0454. The number of morpholine rings is 1. The number of aryl methyl sites for hydroxylation is 1. The summed E-state index contributed by atoms with van der Waals surface area (Å²) in [7, 11) is 1.82. The lowest BCUT2D eigenvalue weighted by atomic mass is 10.0. The van der Waals surface area contributed by atoms with Crippen molar-refractivity contribution in [2.24, 2.45) is 10.9 Å². The number of hydrogen-bond acceptors (Lipinski definition) is 4. The van der Waals surface area contributed by atoms with Crippen molar-refractivity contribution in [2.75, 3.05) is 46.5 Å². The summed E-state index contributed by atoms with van der Waals surface area (Å²) in [6.45, 7) is 12.6. The molecule has 0 amide bonds. The van der Waals surface area contributed by atoms with Crippen LogP contribution in [0.4, 0.5) is 0 Å². The molecule has 0 bridgehead atoms. The van der Waals surface area contributed by atoms with Crippen LogP contribution in [-0.2, 0) is 11.3 Å². The van der Waals surface area contributed by atoms with E-state index in [1.807, 2.05) is 7.05 Å². The summed E-state index contributed by atoms with van der Waals surface area (Å²) in [4.78, 5) is 6.87. The summed E-state index contributed by atoms with van der Waals surface area (Å²) in [5.41, 5.74) is 2.44. The van der Waals surface area contributed by atoms with Crippen LogP contribution in [0.1, 0.15) is 37.8 Å². The maximum absolute atomic E-state index is 6.08. The lowest BCUT2D eigenvalue weighted by molar-refractivity contribution is -0.00834. The Hall–Kier alpha value is -1.79. The van der Waals surface area contributed by atoms with E-state index in [4.69, 9.17) is 9.47 Å². The summed E-state index contributed by atoms with van der Waals surface area (Å²) in [5.74, 6) is 2.55. The van der Waals surface area contributed by atoms with Gasteiger partial charge in [0.25, 0.3) is 0 Å². The Morgan fingerprint density at radius 3 is 2.68 bits per heavy atom. The van der Waals surface area contributed by atoms with E-state index in [0.717, 1.165) is 57.1 Å². The van der Waals surface area contributed by atoms with Gasteiger partial charge < -0.3 is 20.1 Å². The van der Waals surface area contributed by atoms with Gasteiger partial charge in [0.05, 0.1) is 19.8 Å². The second kappa shape index (κ2) is 9.61. The van der Waals surface area contributed by atoms with Gasteiger partial charge in [0.15, 0.2) is 5.96 Å². The number of nitrogens with zero attached hydrogens (tertiary/aromatic N) is 2. The Balaban J connectivity index is 1.52. The fourth-order valence-corrected chi connectivity index (χ4v) is 3.41. The van der Waals surface area contributed by atoms with E-state index in [2.05, 4.69) is 59.5 Å². The van der Waals surface area contributed by atoms with Crippen LogP contribution in [0, 0.1) is 12.8 Å². The molecule has 6 nitrogen and oxygen atoms in total. The van der Waals surface area contributed by atoms with Gasteiger partial charge in [0.2, 0.25) is 0 Å². The van der Waals surface area contributed by atoms with Crippen molar-refractivity contribution in [1.82, 2.24) is 15.5 Å². The predicted octanol–water partition coefficient (Wildman–Crippen LogP) is 2.56. The van der Waals surface area contributed by atoms with Crippen molar-refractivity contribution in [3.63, 3.8) is 0 Å². The van der Waals surface area contributed by atoms with Gasteiger partial charge in [0, 0.05) is 44.3 Å². The van der Waals surface area contributed by atoms with Crippen LogP contribution >= 0.6 is 0 Å². The van der Waals surface area contributed by atoms with Crippen LogP contribution in [0.15, 0.2) is 23.2 Å². The van der Waals surface area contributed by atoms with E-state index in [9.17, 15) is 0 Å². The van der Waals surface area contributed by atoms with Crippen LogP contribution in [0.3, 0.4) is 0 Å². The third kappa shape index (κ3) is 6.11. The fraction of sp³-hybridized carbons (Fsp3) is 0.682. The molecule has 1 aromatic carbocycles. The van der Waals surface area contributed by atoms with E-state index >= 15 is 0 Å². The molecule has 3 rings (SSSR count). The third-order valence-electron chi connectivity index (χ3n) is 5.62. The van der Waals surface area contributed by atoms with E-state index < -0.39 is 0 Å². The molecule has 6 heteroatoms. The highest BCUT2D eigenvalue weighted by molar-refractivity contribution is 5.79. The van der Waals surface area contributed by atoms with Gasteiger partial charge in [-0.15, -0.1) is 0 Å². The second-order valence-electron chi connectivity index (χ2n) is 8.56. The molecule has 1 aliphatic carbocycles. The molecule has 1 saturated carbocycles. The van der Waals surface area contributed by atoms with Gasteiger partial charge in [0.1, 0.15) is 5.75 Å². The highest BCUT2D eigenvalue weighted by Gasteiger charge is 2.28. The van der Waals surface area contributed by atoms with Gasteiger partial charge in [-0.05, 0) is 51.2 Å². The largest absolute Gasteiger partial charge is 0.493 e. The lowest BCUT2D eigenvalue weighted by Gasteiger charge is -2.41. The third-order valence-corrected chi connectivity index (χ3v) is 5.62. The zero-order valence-corrected chi connectivity index (χ0v) is 17.9. The van der Waals surface area contributed by atoms with Crippen LogP contribution < -0.4 is 15.4 Å². The molecule has 1 heterocycles. The number of benzene rings is 1. The first kappa shape index (κ1) is 20.9. The van der Waals surface area contributed by atoms with Gasteiger partial charge in [-0.1, -0.05) is 12.1 Å². The van der Waals surface area contributed by atoms with Crippen LogP contribution in [0.2, 0.25) is 0 Å². The van der Waals surface area contributed by atoms with E-state index in [-0.39, 0.29) is 5.54 Å². The Labute approximate surface area is 169 Å². The first-order valence-corrected chi connectivity index (χ1v) is 10.5. The number of ether oxygens (including phenoxy) is 2. The quantitative estimate of drug-likeness (QED) is 0.529. The number of rotatable bonds is 8. The molecule has 0 aromatic heterocycles. The fourth-order valence-electron chi connectivity index (χ4n) is 3.41. The molecule has 156 valence electrons. The van der Waals surface area contributed by atoms with Crippen molar-refractivity contribution in [1.29, 1.82) is 0 Å². The highest BCUT2D eigenvalue weighted by Crippen LogP contribution is 2.30. The maximum atomic E-state index is 6.08. The van der Waals surface area contributed by atoms with Gasteiger partial charge in [-0.25, -0.2) is 0 Å². The molecule has 0 atom stereocenters. The monoisotopic (exact) mass is 388 g/mol. The van der Waals surface area contributed by atoms with Crippen molar-refractivity contribution in [3.05, 3.63) is 29.3 Å². The Kier molecular flexibility index (Phi) is 7.18. The van der Waals surface area contributed by atoms with E-state index in [0.29, 0.717) is 6.54 Å². The maximum Gasteiger partial charge on any atom is 0.191 e. The summed E-state index contributed by atoms with van der Waals surface area (Å²) >= 11 is 0. The van der Waals surface area contributed by atoms with E-state index in [1.54, 1.807) is 0 Å². The summed E-state index contributed by atoms with van der Waals surface area (Å²) in [5, 5.41) is 6.92. The molecule has 1 aliphatic heterocycles. The first-order valence-electron chi connectivity index (χ1n) is 10.5. The molecule has 2 N–H and O–H groups in total. The van der Waals surface area contributed by atoms with Crippen LogP contribution in [0.5, 0.6) is 5.75 Å². The van der Waals surface area contributed by atoms with Gasteiger partial charge in [-0.3, -0.25) is 9.89 Å². The van der Waals surface area contributed by atoms with E-state index in [1.165, 1.54) is 24.0 Å². The molecule has 0 radical (unpaired) electrons. The minimum absolute atomic E-state index is 0.0454. The Morgan fingerprint density at radius 2 is 2.00 bits per heavy atom. The van der Waals surface area contributed by atoms with Crippen LogP contribution in [-0.4, -0.2) is 62.9 Å². The molecule has 2 aliphatic rings. The number of nitrogens with one attached hydrogen (secondary N) is 2. The highest BCUT2D eigenvalue weighted by atomic mass is 16.5. The van der Waals surface area contributed by atoms with Crippen molar-refractivity contribution in [2.45, 2.75) is 45.7 Å². The lowest BCUT2D eigenvalue weighted by Crippen LogP contribution is -2.56. The standard InChI is InChI=1S/C22H36N4O2/c1-17-5-8-19(20(13-17)28-15-18-6-7-18)14-24-21(23-4)25-16-22(2,3)26-9-11-27-12-10-26/h5,8,13,18H,6-7,9-12,14-16H2,1-4H3,(H2,23,24,25). The molecule has 2 fully saturated rings. The first-order chi connectivity index (χ1) is 13.5.